The fourth-order valence-electron chi connectivity index (χ4n) is 3.60. The van der Waals surface area contributed by atoms with Crippen molar-refractivity contribution in [1.82, 2.24) is 9.78 Å². The quantitative estimate of drug-likeness (QED) is 0.586. The zero-order valence-electron chi connectivity index (χ0n) is 17.5. The van der Waals surface area contributed by atoms with Crippen LogP contribution in [0.4, 0.5) is 20.3 Å². The van der Waals surface area contributed by atoms with Gasteiger partial charge in [0.15, 0.2) is 0 Å². The van der Waals surface area contributed by atoms with Gasteiger partial charge in [-0.25, -0.2) is 13.5 Å². The molecule has 1 N–H and O–H groups in total. The predicted molar refractivity (Wildman–Crippen MR) is 118 cm³/mol. The molecule has 2 heterocycles. The summed E-state index contributed by atoms with van der Waals surface area (Å²) in [5, 5.41) is 6.91. The Morgan fingerprint density at radius 1 is 1.19 bits per heavy atom. The van der Waals surface area contributed by atoms with Crippen LogP contribution in [0.5, 0.6) is 0 Å². The van der Waals surface area contributed by atoms with Crippen LogP contribution < -0.4 is 10.2 Å². The highest BCUT2D eigenvalue weighted by molar-refractivity contribution is 6.02. The summed E-state index contributed by atoms with van der Waals surface area (Å²) in [6, 6.07) is 10.6. The molecule has 1 aliphatic rings. The van der Waals surface area contributed by atoms with Crippen molar-refractivity contribution in [2.75, 3.05) is 16.8 Å². The standard InChI is InChI=1S/C24H22F2N4O2/c1-16-14-27-30(15-18-13-19(25)7-10-21(18)26)24(16)28-22(31)11-6-17-4-8-20(9-5-17)29-12-2-3-23(29)32/h4-11,13-14H,2-3,12,15H2,1H3,(H,28,31)/b11-6+. The number of aryl methyl sites for hydroxylation is 1. The van der Waals surface area contributed by atoms with Gasteiger partial charge in [-0.1, -0.05) is 12.1 Å². The Morgan fingerprint density at radius 2 is 1.97 bits per heavy atom. The average Bonchev–Trinajstić information content (AvgIpc) is 3.36. The second-order valence-corrected chi connectivity index (χ2v) is 7.63. The van der Waals surface area contributed by atoms with Gasteiger partial charge in [0.25, 0.3) is 0 Å². The van der Waals surface area contributed by atoms with Crippen LogP contribution >= 0.6 is 0 Å². The van der Waals surface area contributed by atoms with Crippen molar-refractivity contribution in [2.45, 2.75) is 26.3 Å². The molecule has 6 nitrogen and oxygen atoms in total. The van der Waals surface area contributed by atoms with Crippen LogP contribution in [-0.2, 0) is 16.1 Å². The Morgan fingerprint density at radius 3 is 2.69 bits per heavy atom. The van der Waals surface area contributed by atoms with E-state index in [9.17, 15) is 18.4 Å². The number of nitrogens with one attached hydrogen (secondary N) is 1. The highest BCUT2D eigenvalue weighted by Crippen LogP contribution is 2.22. The maximum atomic E-state index is 14.0. The Bertz CT molecular complexity index is 1190. The molecule has 1 saturated heterocycles. The third-order valence-electron chi connectivity index (χ3n) is 5.30. The number of amides is 2. The normalized spacial score (nSPS) is 13.8. The molecule has 1 fully saturated rings. The number of nitrogens with zero attached hydrogens (tertiary/aromatic N) is 3. The van der Waals surface area contributed by atoms with Crippen LogP contribution in [0.25, 0.3) is 6.08 Å². The van der Waals surface area contributed by atoms with Gasteiger partial charge in [-0.15, -0.1) is 0 Å². The number of hydrogen-bond acceptors (Lipinski definition) is 3. The molecule has 164 valence electrons. The summed E-state index contributed by atoms with van der Waals surface area (Å²) >= 11 is 0. The number of carbonyl (C=O) groups excluding carboxylic acids is 2. The first-order valence-electron chi connectivity index (χ1n) is 10.3. The van der Waals surface area contributed by atoms with Crippen LogP contribution in [0.15, 0.2) is 54.7 Å². The second-order valence-electron chi connectivity index (χ2n) is 7.63. The Kier molecular flexibility index (Phi) is 6.11. The van der Waals surface area contributed by atoms with E-state index in [-0.39, 0.29) is 23.9 Å². The van der Waals surface area contributed by atoms with Crippen molar-refractivity contribution in [3.63, 3.8) is 0 Å². The minimum Gasteiger partial charge on any atom is -0.312 e. The van der Waals surface area contributed by atoms with Gasteiger partial charge in [0.2, 0.25) is 11.8 Å². The molecule has 0 unspecified atom stereocenters. The molecule has 0 atom stereocenters. The second kappa shape index (κ2) is 9.13. The molecular formula is C24H22F2N4O2. The smallest absolute Gasteiger partial charge is 0.249 e. The largest absolute Gasteiger partial charge is 0.312 e. The number of rotatable bonds is 6. The fourth-order valence-corrected chi connectivity index (χ4v) is 3.60. The molecule has 0 bridgehead atoms. The van der Waals surface area contributed by atoms with E-state index in [1.165, 1.54) is 10.8 Å². The van der Waals surface area contributed by atoms with E-state index in [0.29, 0.717) is 17.8 Å². The predicted octanol–water partition coefficient (Wildman–Crippen LogP) is 4.30. The van der Waals surface area contributed by atoms with Gasteiger partial charge >= 0.3 is 0 Å². The molecule has 1 aliphatic heterocycles. The molecule has 2 aromatic carbocycles. The van der Waals surface area contributed by atoms with Crippen LogP contribution in [0.3, 0.4) is 0 Å². The van der Waals surface area contributed by atoms with E-state index in [1.54, 1.807) is 24.1 Å². The van der Waals surface area contributed by atoms with Crippen molar-refractivity contribution in [1.29, 1.82) is 0 Å². The molecule has 0 radical (unpaired) electrons. The molecular weight excluding hydrogens is 414 g/mol. The molecule has 0 spiro atoms. The zero-order valence-corrected chi connectivity index (χ0v) is 17.5. The number of aromatic nitrogens is 2. The molecule has 3 aromatic rings. The van der Waals surface area contributed by atoms with Gasteiger partial charge < -0.3 is 10.2 Å². The number of halogens is 2. The first-order valence-corrected chi connectivity index (χ1v) is 10.3. The lowest BCUT2D eigenvalue weighted by Crippen LogP contribution is -2.23. The topological polar surface area (TPSA) is 67.2 Å². The summed E-state index contributed by atoms with van der Waals surface area (Å²) in [5.74, 6) is -0.938. The van der Waals surface area contributed by atoms with Gasteiger partial charge in [-0.2, -0.15) is 5.10 Å². The maximum absolute atomic E-state index is 14.0. The van der Waals surface area contributed by atoms with E-state index < -0.39 is 11.6 Å². The van der Waals surface area contributed by atoms with Crippen molar-refractivity contribution >= 4 is 29.4 Å². The molecule has 4 rings (SSSR count). The molecule has 8 heteroatoms. The molecule has 1 aromatic heterocycles. The Balaban J connectivity index is 1.43. The SMILES string of the molecule is Cc1cnn(Cc2cc(F)ccc2F)c1NC(=O)/C=C/c1ccc(N2CCCC2=O)cc1. The number of carbonyl (C=O) groups is 2. The van der Waals surface area contributed by atoms with Gasteiger partial charge in [0, 0.05) is 35.9 Å². The van der Waals surface area contributed by atoms with Crippen LogP contribution in [0.1, 0.15) is 29.5 Å². The third kappa shape index (κ3) is 4.74. The van der Waals surface area contributed by atoms with Gasteiger partial charge in [0.05, 0.1) is 12.7 Å². The van der Waals surface area contributed by atoms with Crippen molar-refractivity contribution in [2.24, 2.45) is 0 Å². The summed E-state index contributed by atoms with van der Waals surface area (Å²) < 4.78 is 28.9. The number of anilines is 2. The van der Waals surface area contributed by atoms with Crippen LogP contribution in [0.2, 0.25) is 0 Å². The Labute approximate surface area is 184 Å². The zero-order chi connectivity index (χ0) is 22.7. The van der Waals surface area contributed by atoms with E-state index >= 15 is 0 Å². The molecule has 0 aliphatic carbocycles. The summed E-state index contributed by atoms with van der Waals surface area (Å²) in [4.78, 5) is 26.1. The van der Waals surface area contributed by atoms with E-state index in [1.807, 2.05) is 24.3 Å². The summed E-state index contributed by atoms with van der Waals surface area (Å²) in [7, 11) is 0. The van der Waals surface area contributed by atoms with E-state index in [2.05, 4.69) is 10.4 Å². The fraction of sp³-hybridized carbons (Fsp3) is 0.208. The first-order chi connectivity index (χ1) is 15.4. The highest BCUT2D eigenvalue weighted by atomic mass is 19.1. The third-order valence-corrected chi connectivity index (χ3v) is 5.30. The van der Waals surface area contributed by atoms with E-state index in [0.717, 1.165) is 42.4 Å². The number of hydrogen-bond donors (Lipinski definition) is 1. The van der Waals surface area contributed by atoms with E-state index in [4.69, 9.17) is 0 Å². The van der Waals surface area contributed by atoms with Gasteiger partial charge in [0.1, 0.15) is 17.5 Å². The van der Waals surface area contributed by atoms with Crippen LogP contribution in [-0.4, -0.2) is 28.1 Å². The summed E-state index contributed by atoms with van der Waals surface area (Å²) in [6.45, 7) is 2.47. The lowest BCUT2D eigenvalue weighted by Gasteiger charge is -2.15. The van der Waals surface area contributed by atoms with Crippen LogP contribution in [0, 0.1) is 18.6 Å². The first kappa shape index (κ1) is 21.4. The lowest BCUT2D eigenvalue weighted by atomic mass is 10.2. The van der Waals surface area contributed by atoms with Gasteiger partial charge in [-0.3, -0.25) is 9.59 Å². The minimum absolute atomic E-state index is 0.0204. The molecule has 32 heavy (non-hydrogen) atoms. The monoisotopic (exact) mass is 436 g/mol. The highest BCUT2D eigenvalue weighted by Gasteiger charge is 2.21. The van der Waals surface area contributed by atoms with Crippen molar-refractivity contribution in [3.8, 4) is 0 Å². The minimum atomic E-state index is -0.546. The van der Waals surface area contributed by atoms with Crippen molar-refractivity contribution < 1.29 is 18.4 Å². The summed E-state index contributed by atoms with van der Waals surface area (Å²) in [6.07, 6.45) is 6.03. The Hall–Kier alpha value is -3.81. The van der Waals surface area contributed by atoms with Crippen molar-refractivity contribution in [3.05, 3.63) is 83.1 Å². The lowest BCUT2D eigenvalue weighted by molar-refractivity contribution is -0.117. The average molecular weight is 436 g/mol. The maximum Gasteiger partial charge on any atom is 0.249 e. The molecule has 2 amide bonds. The summed E-state index contributed by atoms with van der Waals surface area (Å²) in [5.41, 5.74) is 2.49. The molecule has 0 saturated carbocycles. The van der Waals surface area contributed by atoms with Gasteiger partial charge in [-0.05, 0) is 55.3 Å². The number of benzene rings is 2.